The molecule has 2 aromatic heterocycles. The Hall–Kier alpha value is -1.68. The average molecular weight is 215 g/mol. The van der Waals surface area contributed by atoms with Gasteiger partial charge in [-0.15, -0.1) is 0 Å². The minimum atomic E-state index is 0.804. The molecule has 16 heavy (non-hydrogen) atoms. The Morgan fingerprint density at radius 1 is 1.31 bits per heavy atom. The smallest absolute Gasteiger partial charge is 0.153 e. The second-order valence-corrected chi connectivity index (χ2v) is 3.99. The fourth-order valence-corrected chi connectivity index (χ4v) is 2.05. The van der Waals surface area contributed by atoms with Crippen molar-refractivity contribution in [3.63, 3.8) is 0 Å². The predicted octanol–water partition coefficient (Wildman–Crippen LogP) is 1.31. The van der Waals surface area contributed by atoms with Crippen LogP contribution in [0.2, 0.25) is 0 Å². The van der Waals surface area contributed by atoms with Crippen LogP contribution in [0.5, 0.6) is 0 Å². The molecule has 0 radical (unpaired) electrons. The van der Waals surface area contributed by atoms with Gasteiger partial charge >= 0.3 is 0 Å². The van der Waals surface area contributed by atoms with Crippen LogP contribution < -0.4 is 5.32 Å². The molecule has 1 aliphatic heterocycles. The maximum Gasteiger partial charge on any atom is 0.153 e. The highest BCUT2D eigenvalue weighted by atomic mass is 16.5. The van der Waals surface area contributed by atoms with Crippen molar-refractivity contribution >= 4 is 0 Å². The first-order valence-electron chi connectivity index (χ1n) is 5.49. The maximum absolute atomic E-state index is 5.33. The van der Waals surface area contributed by atoms with E-state index in [2.05, 4.69) is 15.5 Å². The zero-order chi connectivity index (χ0) is 10.8. The Kier molecular flexibility index (Phi) is 2.42. The van der Waals surface area contributed by atoms with E-state index in [0.29, 0.717) is 0 Å². The number of aromatic nitrogens is 2. The van der Waals surface area contributed by atoms with Gasteiger partial charge in [0.05, 0.1) is 12.2 Å². The summed E-state index contributed by atoms with van der Waals surface area (Å²) >= 11 is 0. The minimum Gasteiger partial charge on any atom is -0.359 e. The summed E-state index contributed by atoms with van der Waals surface area (Å²) in [6, 6.07) is 4.03. The molecule has 0 unspecified atom stereocenters. The quantitative estimate of drug-likeness (QED) is 0.820. The Bertz CT molecular complexity index is 478. The first kappa shape index (κ1) is 9.54. The molecule has 0 aliphatic carbocycles. The Balaban J connectivity index is 1.88. The molecule has 3 heterocycles. The lowest BCUT2D eigenvalue weighted by molar-refractivity contribution is 0.362. The van der Waals surface area contributed by atoms with Gasteiger partial charge in [0.25, 0.3) is 0 Å². The molecule has 0 fully saturated rings. The number of hydrogen-bond donors (Lipinski definition) is 1. The second kappa shape index (κ2) is 4.06. The highest BCUT2D eigenvalue weighted by Gasteiger charge is 2.18. The molecular weight excluding hydrogens is 202 g/mol. The van der Waals surface area contributed by atoms with Crippen LogP contribution in [-0.4, -0.2) is 16.7 Å². The number of nitrogens with zero attached hydrogens (tertiary/aromatic N) is 2. The number of rotatable bonds is 2. The lowest BCUT2D eigenvalue weighted by atomic mass is 10.0. The lowest BCUT2D eigenvalue weighted by Crippen LogP contribution is -2.23. The summed E-state index contributed by atoms with van der Waals surface area (Å²) in [5.41, 5.74) is 3.59. The molecule has 4 nitrogen and oxygen atoms in total. The molecule has 0 spiro atoms. The molecular formula is C12H13N3O. The van der Waals surface area contributed by atoms with Gasteiger partial charge in [-0.05, 0) is 30.7 Å². The monoisotopic (exact) mass is 215 g/mol. The van der Waals surface area contributed by atoms with E-state index in [0.717, 1.165) is 37.4 Å². The molecule has 3 rings (SSSR count). The third-order valence-corrected chi connectivity index (χ3v) is 2.91. The van der Waals surface area contributed by atoms with Crippen LogP contribution in [0.15, 0.2) is 29.0 Å². The summed E-state index contributed by atoms with van der Waals surface area (Å²) in [6.45, 7) is 1.82. The van der Waals surface area contributed by atoms with Crippen molar-refractivity contribution in [2.45, 2.75) is 19.4 Å². The third-order valence-electron chi connectivity index (χ3n) is 2.91. The minimum absolute atomic E-state index is 0.804. The molecule has 0 atom stereocenters. The van der Waals surface area contributed by atoms with Crippen LogP contribution in [0.4, 0.5) is 0 Å². The summed E-state index contributed by atoms with van der Waals surface area (Å²) in [5, 5.41) is 7.43. The van der Waals surface area contributed by atoms with Crippen LogP contribution in [0.1, 0.15) is 22.6 Å². The highest BCUT2D eigenvalue weighted by Crippen LogP contribution is 2.20. The van der Waals surface area contributed by atoms with E-state index in [1.807, 2.05) is 24.5 Å². The molecule has 0 amide bonds. The molecule has 0 bridgehead atoms. The van der Waals surface area contributed by atoms with Crippen molar-refractivity contribution in [3.05, 3.63) is 47.1 Å². The van der Waals surface area contributed by atoms with Gasteiger partial charge in [-0.1, -0.05) is 5.16 Å². The molecule has 82 valence electrons. The van der Waals surface area contributed by atoms with Crippen molar-refractivity contribution in [2.24, 2.45) is 0 Å². The Labute approximate surface area is 93.7 Å². The zero-order valence-corrected chi connectivity index (χ0v) is 8.94. The molecule has 1 aliphatic rings. The zero-order valence-electron chi connectivity index (χ0n) is 8.94. The van der Waals surface area contributed by atoms with Crippen molar-refractivity contribution < 1.29 is 4.52 Å². The Morgan fingerprint density at radius 2 is 2.19 bits per heavy atom. The molecule has 4 heteroatoms. The maximum atomic E-state index is 5.33. The van der Waals surface area contributed by atoms with Gasteiger partial charge in [0, 0.05) is 24.4 Å². The Morgan fingerprint density at radius 3 is 3.06 bits per heavy atom. The van der Waals surface area contributed by atoms with Crippen LogP contribution >= 0.6 is 0 Å². The lowest BCUT2D eigenvalue weighted by Gasteiger charge is -2.10. The van der Waals surface area contributed by atoms with Gasteiger partial charge in [0.15, 0.2) is 5.76 Å². The van der Waals surface area contributed by atoms with Crippen molar-refractivity contribution in [1.29, 1.82) is 0 Å². The summed E-state index contributed by atoms with van der Waals surface area (Å²) < 4.78 is 5.33. The van der Waals surface area contributed by atoms with Gasteiger partial charge < -0.3 is 9.84 Å². The van der Waals surface area contributed by atoms with Crippen LogP contribution in [0, 0.1) is 0 Å². The van der Waals surface area contributed by atoms with E-state index in [1.165, 1.54) is 11.1 Å². The van der Waals surface area contributed by atoms with E-state index in [1.54, 1.807) is 0 Å². The molecule has 0 aromatic carbocycles. The average Bonchev–Trinajstić information content (AvgIpc) is 2.74. The molecule has 2 aromatic rings. The van der Waals surface area contributed by atoms with E-state index in [9.17, 15) is 0 Å². The largest absolute Gasteiger partial charge is 0.359 e. The number of fused-ring (bicyclic) bond motifs is 1. The summed E-state index contributed by atoms with van der Waals surface area (Å²) in [4.78, 5) is 4.01. The molecule has 0 saturated heterocycles. The fraction of sp³-hybridized carbons (Fsp3) is 0.333. The summed E-state index contributed by atoms with van der Waals surface area (Å²) in [6.07, 6.45) is 5.47. The van der Waals surface area contributed by atoms with E-state index < -0.39 is 0 Å². The topological polar surface area (TPSA) is 51.0 Å². The number of nitrogens with one attached hydrogen (secondary N) is 1. The standard InChI is InChI=1S/C12H13N3O/c1-4-13-5-2-9(1)7-11-10-3-6-14-8-12(10)16-15-11/h1-2,4-5,14H,3,6-8H2. The van der Waals surface area contributed by atoms with Gasteiger partial charge in [-0.3, -0.25) is 4.98 Å². The highest BCUT2D eigenvalue weighted by molar-refractivity contribution is 5.29. The number of pyridine rings is 1. The molecule has 1 N–H and O–H groups in total. The molecule has 0 saturated carbocycles. The van der Waals surface area contributed by atoms with Crippen molar-refractivity contribution in [1.82, 2.24) is 15.5 Å². The normalized spacial score (nSPS) is 14.8. The van der Waals surface area contributed by atoms with E-state index in [4.69, 9.17) is 4.52 Å². The fourth-order valence-electron chi connectivity index (χ4n) is 2.05. The predicted molar refractivity (Wildman–Crippen MR) is 59.0 cm³/mol. The van der Waals surface area contributed by atoms with Gasteiger partial charge in [0.2, 0.25) is 0 Å². The van der Waals surface area contributed by atoms with E-state index in [-0.39, 0.29) is 0 Å². The van der Waals surface area contributed by atoms with Crippen LogP contribution in [-0.2, 0) is 19.4 Å². The SMILES string of the molecule is c1cc(Cc2noc3c2CCNC3)ccn1. The van der Waals surface area contributed by atoms with E-state index >= 15 is 0 Å². The third kappa shape index (κ3) is 1.72. The first-order chi connectivity index (χ1) is 7.93. The van der Waals surface area contributed by atoms with Gasteiger partial charge in [-0.2, -0.15) is 0 Å². The van der Waals surface area contributed by atoms with Crippen molar-refractivity contribution in [3.8, 4) is 0 Å². The van der Waals surface area contributed by atoms with Crippen LogP contribution in [0.3, 0.4) is 0 Å². The van der Waals surface area contributed by atoms with Gasteiger partial charge in [-0.25, -0.2) is 0 Å². The second-order valence-electron chi connectivity index (χ2n) is 3.99. The van der Waals surface area contributed by atoms with Gasteiger partial charge in [0.1, 0.15) is 0 Å². The van der Waals surface area contributed by atoms with Crippen molar-refractivity contribution in [2.75, 3.05) is 6.54 Å². The first-order valence-corrected chi connectivity index (χ1v) is 5.49. The summed E-state index contributed by atoms with van der Waals surface area (Å²) in [7, 11) is 0. The summed E-state index contributed by atoms with van der Waals surface area (Å²) in [5.74, 6) is 0.996. The van der Waals surface area contributed by atoms with Crippen LogP contribution in [0.25, 0.3) is 0 Å². The number of hydrogen-bond acceptors (Lipinski definition) is 4.